The Morgan fingerprint density at radius 2 is 2.37 bits per heavy atom. The Kier molecular flexibility index (Phi) is 3.03. The van der Waals surface area contributed by atoms with Crippen LogP contribution in [0.2, 0.25) is 0 Å². The van der Waals surface area contributed by atoms with Gasteiger partial charge in [0.25, 0.3) is 5.91 Å². The molecule has 0 fully saturated rings. The number of amides is 1. The van der Waals surface area contributed by atoms with E-state index in [9.17, 15) is 4.79 Å². The van der Waals surface area contributed by atoms with Crippen LogP contribution in [-0.4, -0.2) is 26.5 Å². The molecule has 0 radical (unpaired) electrons. The van der Waals surface area contributed by atoms with Gasteiger partial charge in [-0.3, -0.25) is 4.79 Å². The van der Waals surface area contributed by atoms with Crippen molar-refractivity contribution in [3.63, 3.8) is 0 Å². The minimum Gasteiger partial charge on any atom is -0.346 e. The molecule has 0 saturated heterocycles. The number of pyridine rings is 1. The largest absolute Gasteiger partial charge is 0.346 e. The van der Waals surface area contributed by atoms with Gasteiger partial charge in [-0.1, -0.05) is 6.07 Å². The van der Waals surface area contributed by atoms with Crippen LogP contribution in [0.25, 0.3) is 0 Å². The number of carbonyl (C=O) groups is 1. The molecule has 5 nitrogen and oxygen atoms in total. The van der Waals surface area contributed by atoms with E-state index in [0.717, 1.165) is 30.9 Å². The van der Waals surface area contributed by atoms with E-state index in [1.165, 1.54) is 0 Å². The maximum absolute atomic E-state index is 12.1. The third kappa shape index (κ3) is 2.50. The van der Waals surface area contributed by atoms with Crippen molar-refractivity contribution in [2.45, 2.75) is 32.4 Å². The maximum Gasteiger partial charge on any atom is 0.270 e. The molecule has 1 atom stereocenters. The van der Waals surface area contributed by atoms with Gasteiger partial charge in [-0.2, -0.15) is 0 Å². The first kappa shape index (κ1) is 11.9. The van der Waals surface area contributed by atoms with Crippen LogP contribution in [-0.2, 0) is 13.0 Å². The van der Waals surface area contributed by atoms with Crippen LogP contribution in [0.3, 0.4) is 0 Å². The summed E-state index contributed by atoms with van der Waals surface area (Å²) in [7, 11) is 0. The van der Waals surface area contributed by atoms with Crippen LogP contribution in [0.1, 0.15) is 28.4 Å². The monoisotopic (exact) mass is 256 g/mol. The number of fused-ring (bicyclic) bond motifs is 1. The van der Waals surface area contributed by atoms with E-state index in [1.54, 1.807) is 6.07 Å². The fourth-order valence-electron chi connectivity index (χ4n) is 2.41. The van der Waals surface area contributed by atoms with Crippen LogP contribution < -0.4 is 5.32 Å². The number of aromatic nitrogens is 3. The van der Waals surface area contributed by atoms with E-state index in [2.05, 4.69) is 19.9 Å². The second kappa shape index (κ2) is 4.84. The third-order valence-corrected chi connectivity index (χ3v) is 3.39. The molecule has 19 heavy (non-hydrogen) atoms. The van der Waals surface area contributed by atoms with Gasteiger partial charge in [0, 0.05) is 37.1 Å². The highest BCUT2D eigenvalue weighted by atomic mass is 16.1. The standard InChI is InChI=1S/C14H16N4O/c1-10-3-2-4-12(16-10)14(19)17-11-5-6-13-15-7-8-18(13)9-11/h2-4,7-8,11H,5-6,9H2,1H3,(H,17,19). The van der Waals surface area contributed by atoms with Crippen molar-refractivity contribution in [3.05, 3.63) is 47.8 Å². The molecule has 0 spiro atoms. The molecule has 5 heteroatoms. The lowest BCUT2D eigenvalue weighted by molar-refractivity contribution is 0.0922. The Morgan fingerprint density at radius 1 is 1.47 bits per heavy atom. The summed E-state index contributed by atoms with van der Waals surface area (Å²) < 4.78 is 2.10. The summed E-state index contributed by atoms with van der Waals surface area (Å²) in [6, 6.07) is 5.63. The second-order valence-electron chi connectivity index (χ2n) is 4.87. The summed E-state index contributed by atoms with van der Waals surface area (Å²) in [6.45, 7) is 2.67. The molecular formula is C14H16N4O. The van der Waals surface area contributed by atoms with Gasteiger partial charge in [0.15, 0.2) is 0 Å². The second-order valence-corrected chi connectivity index (χ2v) is 4.87. The van der Waals surface area contributed by atoms with Gasteiger partial charge < -0.3 is 9.88 Å². The van der Waals surface area contributed by atoms with Gasteiger partial charge in [0.05, 0.1) is 0 Å². The van der Waals surface area contributed by atoms with Gasteiger partial charge in [-0.15, -0.1) is 0 Å². The van der Waals surface area contributed by atoms with Gasteiger partial charge in [0.2, 0.25) is 0 Å². The van der Waals surface area contributed by atoms with E-state index in [1.807, 2.05) is 31.5 Å². The summed E-state index contributed by atoms with van der Waals surface area (Å²) >= 11 is 0. The minimum atomic E-state index is -0.0998. The van der Waals surface area contributed by atoms with Crippen LogP contribution in [0.15, 0.2) is 30.6 Å². The van der Waals surface area contributed by atoms with Crippen molar-refractivity contribution < 1.29 is 4.79 Å². The topological polar surface area (TPSA) is 59.8 Å². The number of nitrogens with one attached hydrogen (secondary N) is 1. The highest BCUT2D eigenvalue weighted by molar-refractivity contribution is 5.92. The van der Waals surface area contributed by atoms with Crippen molar-refractivity contribution in [3.8, 4) is 0 Å². The quantitative estimate of drug-likeness (QED) is 0.882. The number of hydrogen-bond acceptors (Lipinski definition) is 3. The normalized spacial score (nSPS) is 17.8. The molecule has 3 heterocycles. The fourth-order valence-corrected chi connectivity index (χ4v) is 2.41. The molecule has 2 aromatic heterocycles. The molecule has 3 rings (SSSR count). The van der Waals surface area contributed by atoms with Crippen molar-refractivity contribution in [1.82, 2.24) is 19.9 Å². The van der Waals surface area contributed by atoms with Gasteiger partial charge in [0.1, 0.15) is 11.5 Å². The number of aryl methyl sites for hydroxylation is 2. The fraction of sp³-hybridized carbons (Fsp3) is 0.357. The predicted molar refractivity (Wildman–Crippen MR) is 70.8 cm³/mol. The van der Waals surface area contributed by atoms with E-state index in [0.29, 0.717) is 5.69 Å². The highest BCUT2D eigenvalue weighted by Crippen LogP contribution is 2.13. The zero-order chi connectivity index (χ0) is 13.2. The molecule has 1 aliphatic rings. The highest BCUT2D eigenvalue weighted by Gasteiger charge is 2.21. The van der Waals surface area contributed by atoms with Crippen LogP contribution in [0, 0.1) is 6.92 Å². The van der Waals surface area contributed by atoms with E-state index >= 15 is 0 Å². The Hall–Kier alpha value is -2.17. The van der Waals surface area contributed by atoms with Gasteiger partial charge in [-0.25, -0.2) is 9.97 Å². The molecule has 1 N–H and O–H groups in total. The summed E-state index contributed by atoms with van der Waals surface area (Å²) in [5.74, 6) is 0.997. The zero-order valence-electron chi connectivity index (χ0n) is 10.8. The van der Waals surface area contributed by atoms with E-state index < -0.39 is 0 Å². The van der Waals surface area contributed by atoms with Gasteiger partial charge in [-0.05, 0) is 25.5 Å². The average molecular weight is 256 g/mol. The lowest BCUT2D eigenvalue weighted by Crippen LogP contribution is -2.41. The first-order valence-electron chi connectivity index (χ1n) is 6.47. The smallest absolute Gasteiger partial charge is 0.270 e. The number of rotatable bonds is 2. The molecule has 0 bridgehead atoms. The summed E-state index contributed by atoms with van der Waals surface area (Å²) in [5.41, 5.74) is 1.34. The lowest BCUT2D eigenvalue weighted by atomic mass is 10.1. The number of carbonyl (C=O) groups excluding carboxylic acids is 1. The first-order valence-corrected chi connectivity index (χ1v) is 6.47. The van der Waals surface area contributed by atoms with Crippen molar-refractivity contribution in [2.75, 3.05) is 0 Å². The van der Waals surface area contributed by atoms with Gasteiger partial charge >= 0.3 is 0 Å². The molecule has 1 amide bonds. The Morgan fingerprint density at radius 3 is 3.21 bits per heavy atom. The Balaban J connectivity index is 1.68. The Bertz CT molecular complexity index is 605. The number of imidazole rings is 1. The molecule has 1 aliphatic heterocycles. The molecular weight excluding hydrogens is 240 g/mol. The average Bonchev–Trinajstić information content (AvgIpc) is 2.86. The minimum absolute atomic E-state index is 0.0998. The molecule has 0 aromatic carbocycles. The van der Waals surface area contributed by atoms with Crippen molar-refractivity contribution in [1.29, 1.82) is 0 Å². The zero-order valence-corrected chi connectivity index (χ0v) is 10.8. The number of nitrogens with zero attached hydrogens (tertiary/aromatic N) is 3. The van der Waals surface area contributed by atoms with Crippen LogP contribution in [0.5, 0.6) is 0 Å². The summed E-state index contributed by atoms with van der Waals surface area (Å²) in [5, 5.41) is 3.04. The lowest BCUT2D eigenvalue weighted by Gasteiger charge is -2.24. The predicted octanol–water partition coefficient (Wildman–Crippen LogP) is 1.33. The number of hydrogen-bond donors (Lipinski definition) is 1. The molecule has 2 aromatic rings. The SMILES string of the molecule is Cc1cccc(C(=O)NC2CCc3nccn3C2)n1. The molecule has 1 unspecified atom stereocenters. The third-order valence-electron chi connectivity index (χ3n) is 3.39. The van der Waals surface area contributed by atoms with E-state index in [-0.39, 0.29) is 11.9 Å². The van der Waals surface area contributed by atoms with E-state index in [4.69, 9.17) is 0 Å². The van der Waals surface area contributed by atoms with Crippen molar-refractivity contribution in [2.24, 2.45) is 0 Å². The van der Waals surface area contributed by atoms with Crippen molar-refractivity contribution >= 4 is 5.91 Å². The molecule has 0 aliphatic carbocycles. The molecule has 98 valence electrons. The Labute approximate surface area is 111 Å². The first-order chi connectivity index (χ1) is 9.22. The summed E-state index contributed by atoms with van der Waals surface area (Å²) in [4.78, 5) is 20.6. The van der Waals surface area contributed by atoms with Crippen LogP contribution >= 0.6 is 0 Å². The maximum atomic E-state index is 12.1. The van der Waals surface area contributed by atoms with Crippen LogP contribution in [0.4, 0.5) is 0 Å². The summed E-state index contributed by atoms with van der Waals surface area (Å²) in [6.07, 6.45) is 5.59. The molecule has 0 saturated carbocycles.